The molecule has 0 saturated carbocycles. The van der Waals surface area contributed by atoms with Gasteiger partial charge >= 0.3 is 6.18 Å². The number of alkyl halides is 3. The number of hydrogen-bond acceptors (Lipinski definition) is 2. The van der Waals surface area contributed by atoms with Crippen molar-refractivity contribution in [2.24, 2.45) is 0 Å². The van der Waals surface area contributed by atoms with Gasteiger partial charge in [-0.3, -0.25) is 9.59 Å². The Labute approximate surface area is 163 Å². The predicted molar refractivity (Wildman–Crippen MR) is 103 cm³/mol. The molecule has 3 aromatic rings. The van der Waals surface area contributed by atoms with Crippen LogP contribution in [0.1, 0.15) is 35.8 Å². The summed E-state index contributed by atoms with van der Waals surface area (Å²) in [4.78, 5) is 25.5. The van der Waals surface area contributed by atoms with Gasteiger partial charge in [0.05, 0.1) is 11.1 Å². The Morgan fingerprint density at radius 3 is 2.50 bits per heavy atom. The third-order valence-electron chi connectivity index (χ3n) is 4.24. The van der Waals surface area contributed by atoms with E-state index in [0.717, 1.165) is 12.1 Å². The van der Waals surface area contributed by atoms with Crippen LogP contribution in [0.3, 0.4) is 0 Å². The van der Waals surface area contributed by atoms with Gasteiger partial charge in [-0.25, -0.2) is 0 Å². The molecule has 146 valence electrons. The van der Waals surface area contributed by atoms with Crippen LogP contribution in [0.25, 0.3) is 10.9 Å². The summed E-state index contributed by atoms with van der Waals surface area (Å²) < 4.78 is 40.3. The summed E-state index contributed by atoms with van der Waals surface area (Å²) in [5, 5.41) is 2.98. The highest BCUT2D eigenvalue weighted by molar-refractivity contribution is 6.31. The van der Waals surface area contributed by atoms with Crippen molar-refractivity contribution in [2.75, 3.05) is 5.32 Å². The molecule has 3 rings (SSSR count). The van der Waals surface area contributed by atoms with Gasteiger partial charge in [0, 0.05) is 28.3 Å². The van der Waals surface area contributed by atoms with E-state index < -0.39 is 23.1 Å². The fraction of sp³-hybridized carbons (Fsp3) is 0.200. The minimum Gasteiger partial charge on any atom is -0.344 e. The van der Waals surface area contributed by atoms with E-state index >= 15 is 0 Å². The Kier molecular flexibility index (Phi) is 5.21. The molecule has 1 heterocycles. The van der Waals surface area contributed by atoms with Crippen molar-refractivity contribution >= 4 is 34.1 Å². The van der Waals surface area contributed by atoms with Crippen molar-refractivity contribution in [2.45, 2.75) is 26.1 Å². The number of aromatic nitrogens is 1. The second-order valence-electron chi connectivity index (χ2n) is 6.57. The van der Waals surface area contributed by atoms with Gasteiger partial charge in [0.25, 0.3) is 5.91 Å². The van der Waals surface area contributed by atoms with E-state index in [-0.39, 0.29) is 22.7 Å². The molecule has 0 radical (unpaired) electrons. The van der Waals surface area contributed by atoms with Crippen LogP contribution >= 0.6 is 11.6 Å². The monoisotopic (exact) mass is 408 g/mol. The van der Waals surface area contributed by atoms with Gasteiger partial charge < -0.3 is 9.88 Å². The Balaban J connectivity index is 2.07. The molecule has 0 fully saturated rings. The van der Waals surface area contributed by atoms with Gasteiger partial charge in [-0.15, -0.1) is 0 Å². The first-order valence-corrected chi connectivity index (χ1v) is 8.78. The number of nitrogens with one attached hydrogen (secondary N) is 1. The maximum absolute atomic E-state index is 12.9. The summed E-state index contributed by atoms with van der Waals surface area (Å²) in [6, 6.07) is 8.97. The summed E-state index contributed by atoms with van der Waals surface area (Å²) in [6.07, 6.45) is -3.13. The molecule has 0 aliphatic heterocycles. The van der Waals surface area contributed by atoms with E-state index in [1.54, 1.807) is 16.7 Å². The minimum absolute atomic E-state index is 0.0542. The van der Waals surface area contributed by atoms with E-state index in [0.29, 0.717) is 10.5 Å². The smallest absolute Gasteiger partial charge is 0.344 e. The number of carbonyl (C=O) groups is 1. The van der Waals surface area contributed by atoms with E-state index in [4.69, 9.17) is 11.6 Å². The Morgan fingerprint density at radius 2 is 1.86 bits per heavy atom. The summed E-state index contributed by atoms with van der Waals surface area (Å²) >= 11 is 5.99. The molecule has 1 N–H and O–H groups in total. The van der Waals surface area contributed by atoms with Crippen LogP contribution in [0.2, 0.25) is 5.02 Å². The second kappa shape index (κ2) is 7.31. The fourth-order valence-electron chi connectivity index (χ4n) is 2.89. The lowest BCUT2D eigenvalue weighted by Crippen LogP contribution is -2.24. The average Bonchev–Trinajstić information content (AvgIpc) is 2.61. The largest absolute Gasteiger partial charge is 0.416 e. The number of pyridine rings is 1. The highest BCUT2D eigenvalue weighted by atomic mass is 35.5. The normalized spacial score (nSPS) is 11.8. The van der Waals surface area contributed by atoms with Crippen LogP contribution < -0.4 is 10.7 Å². The standard InChI is InChI=1S/C20H16ClF3N2O2/c1-11(2)26-10-16(18(27)15-9-13(21)6-7-17(15)26)19(28)25-14-5-3-4-12(8-14)20(22,23)24/h3-11H,1-2H3,(H,25,28). The number of halogens is 4. The van der Waals surface area contributed by atoms with Crippen LogP contribution in [-0.2, 0) is 6.18 Å². The summed E-state index contributed by atoms with van der Waals surface area (Å²) in [5.74, 6) is -0.791. The zero-order valence-electron chi connectivity index (χ0n) is 15.0. The topological polar surface area (TPSA) is 51.1 Å². The van der Waals surface area contributed by atoms with Gasteiger partial charge in [0.1, 0.15) is 5.56 Å². The molecule has 4 nitrogen and oxygen atoms in total. The van der Waals surface area contributed by atoms with E-state index in [9.17, 15) is 22.8 Å². The van der Waals surface area contributed by atoms with Crippen molar-refractivity contribution in [1.82, 2.24) is 4.57 Å². The molecule has 28 heavy (non-hydrogen) atoms. The summed E-state index contributed by atoms with van der Waals surface area (Å²) in [7, 11) is 0. The summed E-state index contributed by atoms with van der Waals surface area (Å²) in [5.41, 5.74) is -1.06. The van der Waals surface area contributed by atoms with E-state index in [1.807, 2.05) is 13.8 Å². The first kappa shape index (κ1) is 19.9. The van der Waals surface area contributed by atoms with Crippen LogP contribution in [0.15, 0.2) is 53.5 Å². The molecule has 0 atom stereocenters. The average molecular weight is 409 g/mol. The van der Waals surface area contributed by atoms with E-state index in [2.05, 4.69) is 5.32 Å². The SMILES string of the molecule is CC(C)n1cc(C(=O)Nc2cccc(C(F)(F)F)c2)c(=O)c2cc(Cl)ccc21. The molecular formula is C20H16ClF3N2O2. The second-order valence-corrected chi connectivity index (χ2v) is 7.00. The van der Waals surface area contributed by atoms with Crippen LogP contribution in [0.4, 0.5) is 18.9 Å². The quantitative estimate of drug-likeness (QED) is 0.621. The fourth-order valence-corrected chi connectivity index (χ4v) is 3.06. The highest BCUT2D eigenvalue weighted by Crippen LogP contribution is 2.30. The molecule has 8 heteroatoms. The molecule has 2 aromatic carbocycles. The van der Waals surface area contributed by atoms with Crippen LogP contribution in [0.5, 0.6) is 0 Å². The van der Waals surface area contributed by atoms with E-state index in [1.165, 1.54) is 24.4 Å². The molecule has 0 aliphatic carbocycles. The summed E-state index contributed by atoms with van der Waals surface area (Å²) in [6.45, 7) is 3.76. The Morgan fingerprint density at radius 1 is 1.14 bits per heavy atom. The Bertz CT molecular complexity index is 1120. The van der Waals surface area contributed by atoms with Crippen molar-refractivity contribution < 1.29 is 18.0 Å². The van der Waals surface area contributed by atoms with Crippen molar-refractivity contribution in [3.05, 3.63) is 75.0 Å². The number of amides is 1. The van der Waals surface area contributed by atoms with Crippen molar-refractivity contribution in [3.63, 3.8) is 0 Å². The minimum atomic E-state index is -4.54. The molecule has 0 saturated heterocycles. The van der Waals surface area contributed by atoms with Crippen molar-refractivity contribution in [3.8, 4) is 0 Å². The third-order valence-corrected chi connectivity index (χ3v) is 4.48. The van der Waals surface area contributed by atoms with Gasteiger partial charge in [0.2, 0.25) is 5.43 Å². The number of nitrogens with zero attached hydrogens (tertiary/aromatic N) is 1. The molecule has 1 amide bonds. The van der Waals surface area contributed by atoms with Gasteiger partial charge in [0.15, 0.2) is 0 Å². The first-order chi connectivity index (χ1) is 13.1. The van der Waals surface area contributed by atoms with Crippen LogP contribution in [-0.4, -0.2) is 10.5 Å². The van der Waals surface area contributed by atoms with Gasteiger partial charge in [-0.2, -0.15) is 13.2 Å². The molecule has 0 aliphatic rings. The number of carbonyl (C=O) groups excluding carboxylic acids is 1. The molecule has 0 bridgehead atoms. The predicted octanol–water partition coefficient (Wildman–Crippen LogP) is 5.51. The third kappa shape index (κ3) is 3.89. The van der Waals surface area contributed by atoms with Gasteiger partial charge in [-0.1, -0.05) is 17.7 Å². The number of hydrogen-bond donors (Lipinski definition) is 1. The lowest BCUT2D eigenvalue weighted by Gasteiger charge is -2.17. The van der Waals surface area contributed by atoms with Crippen LogP contribution in [0, 0.1) is 0 Å². The zero-order chi connectivity index (χ0) is 20.6. The maximum atomic E-state index is 12.9. The van der Waals surface area contributed by atoms with Gasteiger partial charge in [-0.05, 0) is 50.2 Å². The zero-order valence-corrected chi connectivity index (χ0v) is 15.7. The number of fused-ring (bicyclic) bond motifs is 1. The lowest BCUT2D eigenvalue weighted by molar-refractivity contribution is -0.137. The number of anilines is 1. The maximum Gasteiger partial charge on any atom is 0.416 e. The molecule has 0 spiro atoms. The number of rotatable bonds is 3. The molecular weight excluding hydrogens is 393 g/mol. The molecule has 1 aromatic heterocycles. The first-order valence-electron chi connectivity index (χ1n) is 8.41. The lowest BCUT2D eigenvalue weighted by atomic mass is 10.1. The highest BCUT2D eigenvalue weighted by Gasteiger charge is 2.30. The Hall–Kier alpha value is -2.80. The molecule has 0 unspecified atom stereocenters. The van der Waals surface area contributed by atoms with Crippen molar-refractivity contribution in [1.29, 1.82) is 0 Å². The number of benzene rings is 2.